The average molecular weight is 224 g/mol. The van der Waals surface area contributed by atoms with Gasteiger partial charge in [-0.15, -0.1) is 0 Å². The van der Waals surface area contributed by atoms with E-state index in [-0.39, 0.29) is 5.60 Å². The molecule has 0 saturated heterocycles. The van der Waals surface area contributed by atoms with Crippen LogP contribution in [0.2, 0.25) is 0 Å². The smallest absolute Gasteiger partial charge is 0.0598 e. The van der Waals surface area contributed by atoms with Gasteiger partial charge in [0.2, 0.25) is 0 Å². The van der Waals surface area contributed by atoms with Gasteiger partial charge in [0.15, 0.2) is 0 Å². The SMILES string of the molecule is CC(C)(C)OCCCCCCC1C=CCC1. The minimum absolute atomic E-state index is 0.0364. The number of hydrogen-bond acceptors (Lipinski definition) is 1. The molecule has 0 bridgehead atoms. The Hall–Kier alpha value is -0.300. The average Bonchev–Trinajstić information content (AvgIpc) is 2.67. The largest absolute Gasteiger partial charge is 0.376 e. The van der Waals surface area contributed by atoms with Gasteiger partial charge in [-0.1, -0.05) is 31.4 Å². The number of allylic oxidation sites excluding steroid dienone is 2. The summed E-state index contributed by atoms with van der Waals surface area (Å²) in [5, 5.41) is 0. The zero-order valence-electron chi connectivity index (χ0n) is 11.3. The minimum Gasteiger partial charge on any atom is -0.376 e. The van der Waals surface area contributed by atoms with Gasteiger partial charge in [-0.05, 0) is 52.4 Å². The molecule has 0 aromatic carbocycles. The van der Waals surface area contributed by atoms with Crippen molar-refractivity contribution in [2.45, 2.75) is 71.3 Å². The maximum Gasteiger partial charge on any atom is 0.0598 e. The van der Waals surface area contributed by atoms with Crippen LogP contribution >= 0.6 is 0 Å². The monoisotopic (exact) mass is 224 g/mol. The number of ether oxygens (including phenoxy) is 1. The Morgan fingerprint density at radius 1 is 1.12 bits per heavy atom. The fourth-order valence-corrected chi connectivity index (χ4v) is 2.18. The second-order valence-electron chi connectivity index (χ2n) is 5.93. The molecule has 0 aliphatic heterocycles. The highest BCUT2D eigenvalue weighted by molar-refractivity contribution is 4.95. The Morgan fingerprint density at radius 3 is 2.50 bits per heavy atom. The van der Waals surface area contributed by atoms with Gasteiger partial charge >= 0.3 is 0 Å². The molecule has 0 aromatic heterocycles. The Balaban J connectivity index is 1.83. The van der Waals surface area contributed by atoms with E-state index in [0.717, 1.165) is 12.5 Å². The van der Waals surface area contributed by atoms with Gasteiger partial charge < -0.3 is 4.74 Å². The molecule has 0 fully saturated rings. The zero-order chi connectivity index (χ0) is 11.9. The molecule has 1 heteroatoms. The third-order valence-electron chi connectivity index (χ3n) is 3.12. The molecule has 16 heavy (non-hydrogen) atoms. The van der Waals surface area contributed by atoms with Crippen LogP contribution in [0.3, 0.4) is 0 Å². The lowest BCUT2D eigenvalue weighted by Crippen LogP contribution is -2.19. The van der Waals surface area contributed by atoms with Crippen molar-refractivity contribution in [3.63, 3.8) is 0 Å². The van der Waals surface area contributed by atoms with Crippen LogP contribution in [-0.2, 0) is 4.74 Å². The van der Waals surface area contributed by atoms with Crippen molar-refractivity contribution in [3.8, 4) is 0 Å². The fraction of sp³-hybridized carbons (Fsp3) is 0.867. The lowest BCUT2D eigenvalue weighted by atomic mass is 10.0. The van der Waals surface area contributed by atoms with Gasteiger partial charge in [-0.2, -0.15) is 0 Å². The maximum absolute atomic E-state index is 5.70. The summed E-state index contributed by atoms with van der Waals surface area (Å²) in [6.07, 6.45) is 14.2. The first kappa shape index (κ1) is 13.8. The molecule has 0 amide bonds. The molecule has 1 unspecified atom stereocenters. The van der Waals surface area contributed by atoms with Crippen LogP contribution in [0.1, 0.15) is 65.7 Å². The van der Waals surface area contributed by atoms with Gasteiger partial charge in [-0.3, -0.25) is 0 Å². The van der Waals surface area contributed by atoms with E-state index in [0.29, 0.717) is 0 Å². The first-order chi connectivity index (χ1) is 7.58. The van der Waals surface area contributed by atoms with Gasteiger partial charge in [0.25, 0.3) is 0 Å². The summed E-state index contributed by atoms with van der Waals surface area (Å²) in [6.45, 7) is 7.30. The van der Waals surface area contributed by atoms with Crippen LogP contribution in [0.25, 0.3) is 0 Å². The van der Waals surface area contributed by atoms with E-state index >= 15 is 0 Å². The second-order valence-corrected chi connectivity index (χ2v) is 5.93. The summed E-state index contributed by atoms with van der Waals surface area (Å²) in [5.41, 5.74) is 0.0364. The first-order valence-corrected chi connectivity index (χ1v) is 6.88. The van der Waals surface area contributed by atoms with Crippen LogP contribution in [-0.4, -0.2) is 12.2 Å². The Labute approximate surface area is 101 Å². The molecule has 1 rings (SSSR count). The second kappa shape index (κ2) is 7.11. The molecule has 0 radical (unpaired) electrons. The van der Waals surface area contributed by atoms with E-state index in [1.807, 2.05) is 0 Å². The molecule has 0 spiro atoms. The normalized spacial score (nSPS) is 20.6. The molecule has 0 saturated carbocycles. The van der Waals surface area contributed by atoms with Crippen molar-refractivity contribution in [1.82, 2.24) is 0 Å². The molecular formula is C15H28O. The van der Waals surface area contributed by atoms with E-state index in [9.17, 15) is 0 Å². The standard InChI is InChI=1S/C15H28O/c1-15(2,3)16-13-9-5-4-6-10-14-11-7-8-12-14/h7,11,14H,4-6,8-10,12-13H2,1-3H3. The van der Waals surface area contributed by atoms with Crippen LogP contribution in [0, 0.1) is 5.92 Å². The fourth-order valence-electron chi connectivity index (χ4n) is 2.18. The lowest BCUT2D eigenvalue weighted by molar-refractivity contribution is -0.00475. The third kappa shape index (κ3) is 7.05. The van der Waals surface area contributed by atoms with Gasteiger partial charge in [0, 0.05) is 6.61 Å². The summed E-state index contributed by atoms with van der Waals surface area (Å²) in [4.78, 5) is 0. The molecule has 1 atom stereocenters. The number of hydrogen-bond donors (Lipinski definition) is 0. The van der Waals surface area contributed by atoms with Crippen LogP contribution < -0.4 is 0 Å². The molecular weight excluding hydrogens is 196 g/mol. The van der Waals surface area contributed by atoms with Gasteiger partial charge in [-0.25, -0.2) is 0 Å². The topological polar surface area (TPSA) is 9.23 Å². The quantitative estimate of drug-likeness (QED) is 0.449. The Morgan fingerprint density at radius 2 is 1.88 bits per heavy atom. The summed E-state index contributed by atoms with van der Waals surface area (Å²) < 4.78 is 5.70. The molecule has 1 nitrogen and oxygen atoms in total. The molecule has 94 valence electrons. The Bertz CT molecular complexity index is 200. The first-order valence-electron chi connectivity index (χ1n) is 6.88. The zero-order valence-corrected chi connectivity index (χ0v) is 11.3. The molecule has 0 N–H and O–H groups in total. The van der Waals surface area contributed by atoms with E-state index in [2.05, 4.69) is 32.9 Å². The van der Waals surface area contributed by atoms with E-state index in [1.165, 1.54) is 44.9 Å². The van der Waals surface area contributed by atoms with E-state index in [1.54, 1.807) is 0 Å². The van der Waals surface area contributed by atoms with Crippen molar-refractivity contribution in [1.29, 1.82) is 0 Å². The van der Waals surface area contributed by atoms with Crippen molar-refractivity contribution in [2.75, 3.05) is 6.61 Å². The lowest BCUT2D eigenvalue weighted by Gasteiger charge is -2.19. The highest BCUT2D eigenvalue weighted by Crippen LogP contribution is 2.23. The summed E-state index contributed by atoms with van der Waals surface area (Å²) in [5.74, 6) is 0.894. The summed E-state index contributed by atoms with van der Waals surface area (Å²) in [7, 11) is 0. The van der Waals surface area contributed by atoms with Crippen LogP contribution in [0.4, 0.5) is 0 Å². The van der Waals surface area contributed by atoms with Crippen molar-refractivity contribution >= 4 is 0 Å². The molecule has 1 aliphatic rings. The highest BCUT2D eigenvalue weighted by atomic mass is 16.5. The summed E-state index contributed by atoms with van der Waals surface area (Å²) in [6, 6.07) is 0. The third-order valence-corrected chi connectivity index (χ3v) is 3.12. The van der Waals surface area contributed by atoms with Crippen LogP contribution in [0.5, 0.6) is 0 Å². The van der Waals surface area contributed by atoms with Crippen LogP contribution in [0.15, 0.2) is 12.2 Å². The van der Waals surface area contributed by atoms with Gasteiger partial charge in [0.05, 0.1) is 5.60 Å². The summed E-state index contributed by atoms with van der Waals surface area (Å²) >= 11 is 0. The van der Waals surface area contributed by atoms with Crippen molar-refractivity contribution in [3.05, 3.63) is 12.2 Å². The predicted octanol–water partition coefficient (Wildman–Crippen LogP) is 4.72. The number of unbranched alkanes of at least 4 members (excludes halogenated alkanes) is 3. The van der Waals surface area contributed by atoms with Crippen molar-refractivity contribution < 1.29 is 4.74 Å². The Kier molecular flexibility index (Phi) is 6.12. The predicted molar refractivity (Wildman–Crippen MR) is 70.7 cm³/mol. The molecule has 0 heterocycles. The van der Waals surface area contributed by atoms with Crippen molar-refractivity contribution in [2.24, 2.45) is 5.92 Å². The van der Waals surface area contributed by atoms with E-state index in [4.69, 9.17) is 4.74 Å². The minimum atomic E-state index is 0.0364. The molecule has 1 aliphatic carbocycles. The van der Waals surface area contributed by atoms with Gasteiger partial charge in [0.1, 0.15) is 0 Å². The van der Waals surface area contributed by atoms with E-state index < -0.39 is 0 Å². The molecule has 0 aromatic rings. The maximum atomic E-state index is 5.70. The highest BCUT2D eigenvalue weighted by Gasteiger charge is 2.09. The number of rotatable bonds is 7.